The Morgan fingerprint density at radius 1 is 1.19 bits per heavy atom. The second-order valence-corrected chi connectivity index (χ2v) is 4.15. The molecule has 1 aromatic heterocycles. The molecule has 0 unspecified atom stereocenters. The minimum Gasteiger partial charge on any atom is -0.347 e. The van der Waals surface area contributed by atoms with Crippen LogP contribution >= 0.6 is 0 Å². The lowest BCUT2D eigenvalue weighted by molar-refractivity contribution is -0.0435. The fraction of sp³-hybridized carbons (Fsp3) is 0.385. The van der Waals surface area contributed by atoms with E-state index in [0.717, 1.165) is 0 Å². The van der Waals surface area contributed by atoms with E-state index in [9.17, 15) is 0 Å². The Balaban J connectivity index is 2.26. The Hall–Kier alpha value is -1.32. The number of para-hydroxylation sites is 1. The smallest absolute Gasteiger partial charge is 0.186 e. The SMILES string of the molecule is Cc1c(C2OCCO2)c2ccccc2n1C. The maximum absolute atomic E-state index is 5.61. The Bertz CT molecular complexity index is 524. The van der Waals surface area contributed by atoms with Gasteiger partial charge in [0.1, 0.15) is 0 Å². The molecule has 1 saturated heterocycles. The number of ether oxygens (including phenoxy) is 2. The van der Waals surface area contributed by atoms with Crippen LogP contribution in [0.1, 0.15) is 17.5 Å². The van der Waals surface area contributed by atoms with Gasteiger partial charge in [-0.25, -0.2) is 0 Å². The second-order valence-electron chi connectivity index (χ2n) is 4.15. The molecule has 0 bridgehead atoms. The maximum atomic E-state index is 5.61. The average molecular weight is 217 g/mol. The first kappa shape index (κ1) is 9.87. The van der Waals surface area contributed by atoms with E-state index in [2.05, 4.69) is 42.8 Å². The van der Waals surface area contributed by atoms with Crippen molar-refractivity contribution in [3.05, 3.63) is 35.5 Å². The molecular weight excluding hydrogens is 202 g/mol. The molecule has 1 aliphatic rings. The van der Waals surface area contributed by atoms with Crippen LogP contribution in [-0.2, 0) is 16.5 Å². The molecule has 3 rings (SSSR count). The highest BCUT2D eigenvalue weighted by Gasteiger charge is 2.25. The Labute approximate surface area is 94.6 Å². The summed E-state index contributed by atoms with van der Waals surface area (Å²) in [5, 5.41) is 1.23. The topological polar surface area (TPSA) is 23.4 Å². The summed E-state index contributed by atoms with van der Waals surface area (Å²) < 4.78 is 13.4. The number of hydrogen-bond acceptors (Lipinski definition) is 2. The number of hydrogen-bond donors (Lipinski definition) is 0. The van der Waals surface area contributed by atoms with Gasteiger partial charge < -0.3 is 14.0 Å². The van der Waals surface area contributed by atoms with E-state index in [0.29, 0.717) is 13.2 Å². The lowest BCUT2D eigenvalue weighted by Gasteiger charge is -2.09. The molecular formula is C13H15NO2. The predicted molar refractivity (Wildman–Crippen MR) is 62.3 cm³/mol. The minimum atomic E-state index is -0.189. The summed E-state index contributed by atoms with van der Waals surface area (Å²) >= 11 is 0. The molecule has 0 aliphatic carbocycles. The number of fused-ring (bicyclic) bond motifs is 1. The van der Waals surface area contributed by atoms with Crippen LogP contribution in [0.3, 0.4) is 0 Å². The van der Waals surface area contributed by atoms with E-state index in [1.54, 1.807) is 0 Å². The fourth-order valence-electron chi connectivity index (χ4n) is 2.37. The van der Waals surface area contributed by atoms with Crippen molar-refractivity contribution in [3.8, 4) is 0 Å². The molecule has 3 heteroatoms. The van der Waals surface area contributed by atoms with Crippen LogP contribution in [0.15, 0.2) is 24.3 Å². The summed E-state index contributed by atoms with van der Waals surface area (Å²) in [6, 6.07) is 8.37. The van der Waals surface area contributed by atoms with Crippen molar-refractivity contribution in [2.75, 3.05) is 13.2 Å². The number of aryl methyl sites for hydroxylation is 1. The van der Waals surface area contributed by atoms with Crippen molar-refractivity contribution in [2.45, 2.75) is 13.2 Å². The van der Waals surface area contributed by atoms with E-state index in [-0.39, 0.29) is 6.29 Å². The van der Waals surface area contributed by atoms with Crippen LogP contribution in [0.5, 0.6) is 0 Å². The summed E-state index contributed by atoms with van der Waals surface area (Å²) in [5.74, 6) is 0. The molecule has 3 nitrogen and oxygen atoms in total. The van der Waals surface area contributed by atoms with E-state index >= 15 is 0 Å². The van der Waals surface area contributed by atoms with Gasteiger partial charge in [-0.15, -0.1) is 0 Å². The van der Waals surface area contributed by atoms with E-state index in [4.69, 9.17) is 9.47 Å². The zero-order chi connectivity index (χ0) is 11.1. The summed E-state index contributed by atoms with van der Waals surface area (Å²) in [6.45, 7) is 3.49. The molecule has 1 aliphatic heterocycles. The van der Waals surface area contributed by atoms with Crippen molar-refractivity contribution in [3.63, 3.8) is 0 Å². The first-order chi connectivity index (χ1) is 7.79. The Kier molecular flexibility index (Phi) is 2.23. The van der Waals surface area contributed by atoms with Gasteiger partial charge in [-0.3, -0.25) is 0 Å². The Morgan fingerprint density at radius 2 is 1.88 bits per heavy atom. The lowest BCUT2D eigenvalue weighted by atomic mass is 10.1. The van der Waals surface area contributed by atoms with Crippen molar-refractivity contribution >= 4 is 10.9 Å². The van der Waals surface area contributed by atoms with Gasteiger partial charge in [0, 0.05) is 29.2 Å². The van der Waals surface area contributed by atoms with Gasteiger partial charge in [0.2, 0.25) is 0 Å². The molecule has 2 heterocycles. The molecule has 0 saturated carbocycles. The van der Waals surface area contributed by atoms with Crippen molar-refractivity contribution in [1.29, 1.82) is 0 Å². The summed E-state index contributed by atoms with van der Waals surface area (Å²) in [6.07, 6.45) is -0.189. The highest BCUT2D eigenvalue weighted by molar-refractivity contribution is 5.85. The van der Waals surface area contributed by atoms with Crippen molar-refractivity contribution in [2.24, 2.45) is 7.05 Å². The van der Waals surface area contributed by atoms with Crippen LogP contribution < -0.4 is 0 Å². The maximum Gasteiger partial charge on any atom is 0.186 e. The van der Waals surface area contributed by atoms with Gasteiger partial charge in [0.05, 0.1) is 13.2 Å². The van der Waals surface area contributed by atoms with Crippen molar-refractivity contribution < 1.29 is 9.47 Å². The summed E-state index contributed by atoms with van der Waals surface area (Å²) in [7, 11) is 2.08. The molecule has 0 amide bonds. The molecule has 84 valence electrons. The van der Waals surface area contributed by atoms with Crippen molar-refractivity contribution in [1.82, 2.24) is 4.57 Å². The normalized spacial score (nSPS) is 17.4. The monoisotopic (exact) mass is 217 g/mol. The number of benzene rings is 1. The van der Waals surface area contributed by atoms with Gasteiger partial charge in [0.15, 0.2) is 6.29 Å². The van der Waals surface area contributed by atoms with E-state index < -0.39 is 0 Å². The lowest BCUT2D eigenvalue weighted by Crippen LogP contribution is -2.00. The molecule has 0 radical (unpaired) electrons. The molecule has 2 aromatic rings. The quantitative estimate of drug-likeness (QED) is 0.732. The summed E-state index contributed by atoms with van der Waals surface area (Å²) in [5.41, 5.74) is 3.62. The zero-order valence-electron chi connectivity index (χ0n) is 9.56. The van der Waals surface area contributed by atoms with Gasteiger partial charge in [-0.05, 0) is 13.0 Å². The molecule has 1 fully saturated rings. The molecule has 16 heavy (non-hydrogen) atoms. The van der Waals surface area contributed by atoms with Crippen LogP contribution in [0.25, 0.3) is 10.9 Å². The molecule has 0 N–H and O–H groups in total. The third kappa shape index (κ3) is 1.29. The fourth-order valence-corrected chi connectivity index (χ4v) is 2.37. The van der Waals surface area contributed by atoms with Crippen LogP contribution in [0, 0.1) is 6.92 Å². The third-order valence-electron chi connectivity index (χ3n) is 3.31. The number of nitrogens with zero attached hydrogens (tertiary/aromatic N) is 1. The zero-order valence-corrected chi connectivity index (χ0v) is 9.56. The molecule has 1 aromatic carbocycles. The van der Waals surface area contributed by atoms with E-state index in [1.807, 2.05) is 0 Å². The van der Waals surface area contributed by atoms with Gasteiger partial charge in [-0.1, -0.05) is 18.2 Å². The first-order valence-corrected chi connectivity index (χ1v) is 5.56. The van der Waals surface area contributed by atoms with Crippen LogP contribution in [0.2, 0.25) is 0 Å². The van der Waals surface area contributed by atoms with Gasteiger partial charge >= 0.3 is 0 Å². The largest absolute Gasteiger partial charge is 0.347 e. The summed E-state index contributed by atoms with van der Waals surface area (Å²) in [4.78, 5) is 0. The molecule has 0 atom stereocenters. The third-order valence-corrected chi connectivity index (χ3v) is 3.31. The molecule has 0 spiro atoms. The Morgan fingerprint density at radius 3 is 2.62 bits per heavy atom. The average Bonchev–Trinajstić information content (AvgIpc) is 2.89. The van der Waals surface area contributed by atoms with Gasteiger partial charge in [0.25, 0.3) is 0 Å². The van der Waals surface area contributed by atoms with Crippen LogP contribution in [0.4, 0.5) is 0 Å². The number of aromatic nitrogens is 1. The minimum absolute atomic E-state index is 0.189. The number of rotatable bonds is 1. The van der Waals surface area contributed by atoms with E-state index in [1.165, 1.54) is 22.2 Å². The highest BCUT2D eigenvalue weighted by Crippen LogP contribution is 2.34. The van der Waals surface area contributed by atoms with Crippen LogP contribution in [-0.4, -0.2) is 17.8 Å². The highest BCUT2D eigenvalue weighted by atomic mass is 16.7. The van der Waals surface area contributed by atoms with Gasteiger partial charge in [-0.2, -0.15) is 0 Å². The predicted octanol–water partition coefficient (Wildman–Crippen LogP) is 2.53. The first-order valence-electron chi connectivity index (χ1n) is 5.56. The second kappa shape index (κ2) is 3.61. The standard InChI is InChI=1S/C13H15NO2/c1-9-12(13-15-7-8-16-13)10-5-3-4-6-11(10)14(9)2/h3-6,13H,7-8H2,1-2H3.